The molecule has 2 atom stereocenters. The van der Waals surface area contributed by atoms with E-state index in [1.54, 1.807) is 30.1 Å². The molecule has 3 saturated heterocycles. The summed E-state index contributed by atoms with van der Waals surface area (Å²) in [6, 6.07) is 9.25. The zero-order valence-electron chi connectivity index (χ0n) is 44.7. The fourth-order valence-corrected chi connectivity index (χ4v) is 9.44. The van der Waals surface area contributed by atoms with Gasteiger partial charge in [-0.25, -0.2) is 14.1 Å². The van der Waals surface area contributed by atoms with Crippen molar-refractivity contribution in [1.29, 1.82) is 0 Å². The lowest BCUT2D eigenvalue weighted by Crippen LogP contribution is -2.54. The number of piperazine rings is 1. The molecule has 3 aromatic heterocycles. The maximum absolute atomic E-state index is 16.0. The van der Waals surface area contributed by atoms with E-state index in [2.05, 4.69) is 27.2 Å². The molecule has 2 aromatic carbocycles. The topological polar surface area (TPSA) is 180 Å². The number of ether oxygens (including phenoxy) is 1. The second kappa shape index (κ2) is 17.7. The molecule has 5 aromatic rings. The van der Waals surface area contributed by atoms with Crippen LogP contribution in [-0.4, -0.2) is 127 Å². The van der Waals surface area contributed by atoms with Gasteiger partial charge >= 0.3 is 0 Å². The number of nitrogens with one attached hydrogen (secondary N) is 2. The molecular formula is C48H54FN11O6. The minimum atomic E-state index is -3.40. The largest absolute Gasteiger partial charge is 0.477 e. The molecule has 0 radical (unpaired) electrons. The average molecular weight is 908 g/mol. The summed E-state index contributed by atoms with van der Waals surface area (Å²) >= 11 is 0. The molecule has 0 spiro atoms. The Balaban J connectivity index is 0.843. The molecule has 2 N–H and O–H groups in total. The van der Waals surface area contributed by atoms with Crippen LogP contribution in [0.5, 0.6) is 5.88 Å². The summed E-state index contributed by atoms with van der Waals surface area (Å²) in [5.74, 6) is -4.95. The number of aromatic nitrogens is 5. The maximum Gasteiger partial charge on any atom is 0.265 e. The number of aryl methyl sites for hydroxylation is 2. The molecule has 3 fully saturated rings. The van der Waals surface area contributed by atoms with E-state index in [9.17, 15) is 24.0 Å². The SMILES string of the molecule is [2H]C1([2H])N(CC2CCN(Cc3ccc4nc5n(c4c3)C[C@H](C)CCCOc3c(cnn3C)-c3cc(cc(C)n3)C(=O)N5)CC2)C([2H])([2H])C([2H])([2H])N(c2cc(F)c3c(c2)C(=O)N(C2CCC(=O)NC2=O)C3=O)C1([2H])[2H]. The third-order valence-electron chi connectivity index (χ3n) is 12.9. The van der Waals surface area contributed by atoms with Crippen LogP contribution in [0.1, 0.15) is 98.7 Å². The lowest BCUT2D eigenvalue weighted by Gasteiger charge is -2.39. The van der Waals surface area contributed by atoms with Crippen molar-refractivity contribution in [2.24, 2.45) is 18.9 Å². The number of amides is 5. The highest BCUT2D eigenvalue weighted by molar-refractivity contribution is 6.24. The zero-order chi connectivity index (χ0) is 53.0. The lowest BCUT2D eigenvalue weighted by molar-refractivity contribution is -0.136. The van der Waals surface area contributed by atoms with Crippen molar-refractivity contribution >= 4 is 52.2 Å². The third-order valence-corrected chi connectivity index (χ3v) is 12.9. The average Bonchev–Trinajstić information content (AvgIpc) is 3.95. The van der Waals surface area contributed by atoms with Crippen LogP contribution in [0.3, 0.4) is 0 Å². The van der Waals surface area contributed by atoms with Crippen molar-refractivity contribution in [2.45, 2.75) is 71.5 Å². The van der Waals surface area contributed by atoms with Crippen LogP contribution in [0, 0.1) is 24.6 Å². The molecule has 344 valence electrons. The molecule has 1 unspecified atom stereocenters. The molecule has 18 heteroatoms. The van der Waals surface area contributed by atoms with Crippen molar-refractivity contribution in [3.63, 3.8) is 0 Å². The van der Waals surface area contributed by atoms with Gasteiger partial charge in [0.1, 0.15) is 11.9 Å². The molecule has 0 saturated carbocycles. The number of anilines is 2. The van der Waals surface area contributed by atoms with Crippen LogP contribution < -0.4 is 20.3 Å². The number of hydrogen-bond acceptors (Lipinski definition) is 12. The van der Waals surface area contributed by atoms with Crippen LogP contribution in [-0.2, 0) is 29.7 Å². The van der Waals surface area contributed by atoms with Crippen LogP contribution in [0.4, 0.5) is 16.0 Å². The van der Waals surface area contributed by atoms with Gasteiger partial charge in [-0.05, 0) is 106 Å². The molecule has 5 aliphatic rings. The first-order valence-corrected chi connectivity index (χ1v) is 22.2. The number of imidazole rings is 1. The van der Waals surface area contributed by atoms with Gasteiger partial charge in [0.2, 0.25) is 23.6 Å². The standard InChI is InChI=1S/C48H54FN11O6/c1-28-5-4-18-66-47-35(24-50-55(47)3)38-21-32(19-29(2)51-38)43(62)54-48-52-37-7-6-31(20-40(37)59(48)25-28)27-56-12-10-30(11-13-56)26-57-14-16-58(17-15-57)33-22-34-42(36(49)23-33)46(65)60(45(34)64)39-8-9-41(61)53-44(39)63/h6-7,19-24,28,30,39H,4-5,8-18,25-27H2,1-3H3,(H,52,54,62)(H,53,61,63)/t28-,39?/m1/s1/i14D2,15D2,16D2,17D2. The van der Waals surface area contributed by atoms with E-state index in [1.807, 2.05) is 35.0 Å². The van der Waals surface area contributed by atoms with Gasteiger partial charge in [0, 0.05) is 81.5 Å². The van der Waals surface area contributed by atoms with Gasteiger partial charge in [-0.1, -0.05) is 13.0 Å². The Morgan fingerprint density at radius 2 is 1.70 bits per heavy atom. The van der Waals surface area contributed by atoms with Crippen molar-refractivity contribution < 1.29 is 44.1 Å². The highest BCUT2D eigenvalue weighted by Crippen LogP contribution is 2.35. The summed E-state index contributed by atoms with van der Waals surface area (Å²) in [6.07, 6.45) is 3.70. The first-order chi connectivity index (χ1) is 34.9. The summed E-state index contributed by atoms with van der Waals surface area (Å²) in [4.78, 5) is 78.3. The Bertz CT molecular complexity index is 3130. The highest BCUT2D eigenvalue weighted by atomic mass is 19.1. The first kappa shape index (κ1) is 34.8. The Kier molecular flexibility index (Phi) is 9.32. The van der Waals surface area contributed by atoms with E-state index < -0.39 is 84.2 Å². The van der Waals surface area contributed by atoms with Crippen LogP contribution in [0.2, 0.25) is 0 Å². The van der Waals surface area contributed by atoms with Gasteiger partial charge in [0.15, 0.2) is 0 Å². The Labute approximate surface area is 392 Å². The second-order valence-corrected chi connectivity index (χ2v) is 17.7. The smallest absolute Gasteiger partial charge is 0.265 e. The van der Waals surface area contributed by atoms with Crippen molar-refractivity contribution in [1.82, 2.24) is 44.3 Å². The predicted octanol–water partition coefficient (Wildman–Crippen LogP) is 4.78. The van der Waals surface area contributed by atoms with Crippen LogP contribution in [0.15, 0.2) is 48.7 Å². The number of carbonyl (C=O) groups is 5. The van der Waals surface area contributed by atoms with Crippen molar-refractivity contribution in [3.05, 3.63) is 82.4 Å². The van der Waals surface area contributed by atoms with E-state index in [4.69, 9.17) is 20.7 Å². The van der Waals surface area contributed by atoms with Crippen molar-refractivity contribution in [3.8, 4) is 17.1 Å². The van der Waals surface area contributed by atoms with E-state index in [0.717, 1.165) is 30.0 Å². The van der Waals surface area contributed by atoms with E-state index in [1.165, 1.54) is 0 Å². The summed E-state index contributed by atoms with van der Waals surface area (Å²) < 4.78 is 98.6. The molecule has 5 aliphatic heterocycles. The van der Waals surface area contributed by atoms with Gasteiger partial charge < -0.3 is 14.2 Å². The second-order valence-electron chi connectivity index (χ2n) is 17.7. The maximum atomic E-state index is 16.0. The number of rotatable bonds is 6. The molecule has 8 heterocycles. The molecular weight excluding hydrogens is 846 g/mol. The molecule has 0 aliphatic carbocycles. The van der Waals surface area contributed by atoms with E-state index in [-0.39, 0.29) is 36.1 Å². The first-order valence-electron chi connectivity index (χ1n) is 26.2. The molecule has 5 amide bonds. The zero-order valence-corrected chi connectivity index (χ0v) is 36.7. The summed E-state index contributed by atoms with van der Waals surface area (Å²) in [5, 5.41) is 9.48. The summed E-state index contributed by atoms with van der Waals surface area (Å²) in [7, 11) is 1.80. The Morgan fingerprint density at radius 1 is 0.894 bits per heavy atom. The fourth-order valence-electron chi connectivity index (χ4n) is 9.44. The third kappa shape index (κ3) is 8.43. The van der Waals surface area contributed by atoms with Gasteiger partial charge in [-0.2, -0.15) is 5.10 Å². The van der Waals surface area contributed by atoms with Gasteiger partial charge in [-0.3, -0.25) is 54.3 Å². The lowest BCUT2D eigenvalue weighted by atomic mass is 9.95. The number of imide groups is 2. The number of benzene rings is 2. The monoisotopic (exact) mass is 907 g/mol. The number of nitrogens with zero attached hydrogens (tertiary/aromatic N) is 9. The summed E-state index contributed by atoms with van der Waals surface area (Å²) in [5.41, 5.74) is 2.59. The molecule has 10 rings (SSSR count). The molecule has 66 heavy (non-hydrogen) atoms. The predicted molar refractivity (Wildman–Crippen MR) is 242 cm³/mol. The number of hydrogen-bond donors (Lipinski definition) is 2. The number of halogens is 1. The molecule has 17 nitrogen and oxygen atoms in total. The highest BCUT2D eigenvalue weighted by Gasteiger charge is 2.46. The normalized spacial score (nSPS) is 26.3. The van der Waals surface area contributed by atoms with Gasteiger partial charge in [0.25, 0.3) is 17.7 Å². The fraction of sp³-hybridized carbons (Fsp3) is 0.458. The number of fused-ring (bicyclic) bond motifs is 8. The van der Waals surface area contributed by atoms with Crippen LogP contribution >= 0.6 is 0 Å². The number of carbonyl (C=O) groups excluding carboxylic acids is 5. The number of likely N-dealkylation sites (tertiary alicyclic amines) is 1. The van der Waals surface area contributed by atoms with Gasteiger partial charge in [0.05, 0.1) is 51.7 Å². The Morgan fingerprint density at radius 3 is 2.48 bits per heavy atom. The molecule has 2 bridgehead atoms. The minimum absolute atomic E-state index is 0.138. The van der Waals surface area contributed by atoms with Crippen molar-refractivity contribution in [2.75, 3.05) is 62.4 Å². The summed E-state index contributed by atoms with van der Waals surface area (Å²) in [6.45, 7) is -7.22. The van der Waals surface area contributed by atoms with Gasteiger partial charge in [-0.15, -0.1) is 0 Å². The number of pyridine rings is 1. The van der Waals surface area contributed by atoms with Crippen LogP contribution in [0.25, 0.3) is 22.3 Å². The van der Waals surface area contributed by atoms with E-state index in [0.29, 0.717) is 101 Å². The van der Waals surface area contributed by atoms with E-state index >= 15 is 4.39 Å². The Hall–Kier alpha value is -6.53. The minimum Gasteiger partial charge on any atom is -0.477 e. The quantitative estimate of drug-likeness (QED) is 0.223. The number of piperidine rings is 2.